The van der Waals surface area contributed by atoms with Crippen LogP contribution in [0.4, 0.5) is 14.5 Å². The number of nitrogens with two attached hydrogens (primary N) is 1. The topological polar surface area (TPSA) is 102 Å². The molecule has 12 heteroatoms. The van der Waals surface area contributed by atoms with E-state index in [1.807, 2.05) is 30.5 Å². The maximum atomic E-state index is 15.2. The van der Waals surface area contributed by atoms with Crippen molar-refractivity contribution in [2.24, 2.45) is 5.73 Å². The number of carbonyl (C=O) groups is 1. The number of carboxylic acid groups (broad SMARTS) is 1. The van der Waals surface area contributed by atoms with Crippen LogP contribution in [0.15, 0.2) is 66.0 Å². The van der Waals surface area contributed by atoms with Gasteiger partial charge in [0.05, 0.1) is 24.0 Å². The van der Waals surface area contributed by atoms with E-state index >= 15 is 4.39 Å². The Hall–Kier alpha value is -3.31. The third-order valence-electron chi connectivity index (χ3n) is 7.15. The lowest BCUT2D eigenvalue weighted by Gasteiger charge is -2.28. The molecule has 4 aromatic rings. The van der Waals surface area contributed by atoms with E-state index in [4.69, 9.17) is 38.8 Å². The summed E-state index contributed by atoms with van der Waals surface area (Å²) in [7, 11) is 1.56. The number of hydrogen-bond acceptors (Lipinski definition) is 6. The first-order valence-electron chi connectivity index (χ1n) is 13.4. The number of benzene rings is 3. The predicted octanol–water partition coefficient (Wildman–Crippen LogP) is 7.69. The van der Waals surface area contributed by atoms with E-state index in [1.165, 1.54) is 30.0 Å². The lowest BCUT2D eigenvalue weighted by Crippen LogP contribution is -2.30. The van der Waals surface area contributed by atoms with Crippen LogP contribution in [-0.4, -0.2) is 40.3 Å². The number of hydrogen-bond donors (Lipinski definition) is 3. The number of aromatic nitrogens is 2. The summed E-state index contributed by atoms with van der Waals surface area (Å²) in [6.45, 7) is 4.50. The number of nitrogens with zero attached hydrogens (tertiary/aromatic N) is 2. The first-order valence-corrected chi connectivity index (χ1v) is 15.2. The smallest absolute Gasteiger partial charge is 0.320 e. The van der Waals surface area contributed by atoms with Gasteiger partial charge in [0.15, 0.2) is 5.16 Å². The zero-order valence-corrected chi connectivity index (χ0v) is 26.2. The van der Waals surface area contributed by atoms with Crippen molar-refractivity contribution >= 4 is 46.6 Å². The molecule has 0 aliphatic rings. The minimum Gasteiger partial charge on any atom is -0.495 e. The number of nitrogens with one attached hydrogen (secondary N) is 1. The molecule has 228 valence electrons. The van der Waals surface area contributed by atoms with E-state index in [0.29, 0.717) is 52.3 Å². The van der Waals surface area contributed by atoms with Gasteiger partial charge in [-0.1, -0.05) is 54.9 Å². The summed E-state index contributed by atoms with van der Waals surface area (Å²) < 4.78 is 36.4. The molecular formula is C31H32Cl2F2N4O3S. The molecule has 1 heterocycles. The average Bonchev–Trinajstić information content (AvgIpc) is 3.40. The largest absolute Gasteiger partial charge is 0.495 e. The third kappa shape index (κ3) is 7.62. The number of halogens is 4. The van der Waals surface area contributed by atoms with Gasteiger partial charge in [-0.15, -0.1) is 0 Å². The van der Waals surface area contributed by atoms with Gasteiger partial charge in [0, 0.05) is 39.7 Å². The minimum absolute atomic E-state index is 0.186. The van der Waals surface area contributed by atoms with E-state index < -0.39 is 23.2 Å². The van der Waals surface area contributed by atoms with Crippen molar-refractivity contribution < 1.29 is 23.4 Å². The Morgan fingerprint density at radius 2 is 1.86 bits per heavy atom. The number of rotatable bonds is 13. The molecule has 0 radical (unpaired) electrons. The average molecular weight is 650 g/mol. The van der Waals surface area contributed by atoms with Crippen molar-refractivity contribution in [3.8, 4) is 11.4 Å². The summed E-state index contributed by atoms with van der Waals surface area (Å²) in [4.78, 5) is 15.6. The standard InChI is InChI=1S/C31H32Cl2F2N4O3S/c1-31(2,18-6-11-23(32)27(13-18)42-3)28-16-38-30(39(28)21-9-7-19(34)8-10-21)43-17-22-24(33)14-20(15-25(22)35)37-12-4-5-26(36)29(40)41/h6-11,13-16,26,37H,4-5,12,17,36H2,1-3H3,(H,40,41)/t26-/m0/s1. The van der Waals surface area contributed by atoms with Crippen LogP contribution >= 0.6 is 35.0 Å². The maximum absolute atomic E-state index is 15.2. The first kappa shape index (κ1) is 32.6. The minimum atomic E-state index is -1.06. The number of thioether (sulfide) groups is 1. The molecule has 0 bridgehead atoms. The fourth-order valence-electron chi connectivity index (χ4n) is 4.57. The summed E-state index contributed by atoms with van der Waals surface area (Å²) in [6.07, 6.45) is 2.55. The quantitative estimate of drug-likeness (QED) is 0.101. The summed E-state index contributed by atoms with van der Waals surface area (Å²) in [5, 5.41) is 13.3. The number of aliphatic carboxylic acids is 1. The molecule has 0 unspecified atom stereocenters. The second-order valence-corrected chi connectivity index (χ2v) is 12.2. The fraction of sp³-hybridized carbons (Fsp3) is 0.290. The Morgan fingerprint density at radius 1 is 1.14 bits per heavy atom. The molecule has 0 saturated heterocycles. The second kappa shape index (κ2) is 14.0. The molecule has 0 saturated carbocycles. The Labute approximate surface area is 263 Å². The van der Waals surface area contributed by atoms with Gasteiger partial charge in [-0.25, -0.2) is 13.8 Å². The second-order valence-electron chi connectivity index (χ2n) is 10.4. The zero-order chi connectivity index (χ0) is 31.3. The molecule has 4 rings (SSSR count). The van der Waals surface area contributed by atoms with Crippen LogP contribution in [0, 0.1) is 11.6 Å². The van der Waals surface area contributed by atoms with Crippen molar-refractivity contribution in [3.05, 3.63) is 99.3 Å². The molecule has 0 aliphatic heterocycles. The van der Waals surface area contributed by atoms with Crippen molar-refractivity contribution in [1.29, 1.82) is 0 Å². The van der Waals surface area contributed by atoms with Crippen molar-refractivity contribution in [1.82, 2.24) is 9.55 Å². The van der Waals surface area contributed by atoms with Crippen molar-refractivity contribution in [2.75, 3.05) is 19.0 Å². The number of methoxy groups -OCH3 is 1. The molecule has 1 aromatic heterocycles. The van der Waals surface area contributed by atoms with Crippen LogP contribution in [0.25, 0.3) is 5.69 Å². The summed E-state index contributed by atoms with van der Waals surface area (Å²) in [6, 6.07) is 13.7. The summed E-state index contributed by atoms with van der Waals surface area (Å²) in [5.74, 6) is -1.18. The molecule has 1 atom stereocenters. The Morgan fingerprint density at radius 3 is 2.51 bits per heavy atom. The fourth-order valence-corrected chi connectivity index (χ4v) is 6.15. The molecule has 43 heavy (non-hydrogen) atoms. The molecule has 0 aliphatic carbocycles. The van der Waals surface area contributed by atoms with Gasteiger partial charge >= 0.3 is 5.97 Å². The van der Waals surface area contributed by atoms with Crippen LogP contribution in [0.2, 0.25) is 10.0 Å². The highest BCUT2D eigenvalue weighted by Gasteiger charge is 2.30. The SMILES string of the molecule is COc1cc(C(C)(C)c2cnc(SCc3c(F)cc(NCCC[C@H](N)C(=O)O)cc3Cl)n2-c2ccc(F)cc2)ccc1Cl. The molecule has 3 aromatic carbocycles. The number of carboxylic acids is 1. The van der Waals surface area contributed by atoms with Gasteiger partial charge < -0.3 is 20.9 Å². The number of anilines is 1. The highest BCUT2D eigenvalue weighted by molar-refractivity contribution is 7.98. The number of ether oxygens (including phenoxy) is 1. The van der Waals surface area contributed by atoms with Gasteiger partial charge in [0.25, 0.3) is 0 Å². The van der Waals surface area contributed by atoms with E-state index in [2.05, 4.69) is 10.3 Å². The molecule has 0 amide bonds. The molecule has 0 spiro atoms. The van der Waals surface area contributed by atoms with E-state index in [0.717, 1.165) is 11.3 Å². The monoisotopic (exact) mass is 648 g/mol. The van der Waals surface area contributed by atoms with Crippen molar-refractivity contribution in [3.63, 3.8) is 0 Å². The van der Waals surface area contributed by atoms with Gasteiger partial charge in [-0.3, -0.25) is 9.36 Å². The normalized spacial score (nSPS) is 12.3. The Balaban J connectivity index is 1.60. The zero-order valence-electron chi connectivity index (χ0n) is 23.8. The van der Waals surface area contributed by atoms with Crippen LogP contribution < -0.4 is 15.8 Å². The van der Waals surface area contributed by atoms with E-state index in [-0.39, 0.29) is 16.6 Å². The van der Waals surface area contributed by atoms with E-state index in [1.54, 1.807) is 37.6 Å². The number of imidazole rings is 1. The van der Waals surface area contributed by atoms with Crippen molar-refractivity contribution in [2.45, 2.75) is 49.1 Å². The molecule has 0 fully saturated rings. The van der Waals surface area contributed by atoms with E-state index in [9.17, 15) is 9.18 Å². The Bertz CT molecular complexity index is 1580. The maximum Gasteiger partial charge on any atom is 0.320 e. The van der Waals surface area contributed by atoms with Gasteiger partial charge in [0.1, 0.15) is 23.4 Å². The molecule has 4 N–H and O–H groups in total. The van der Waals surface area contributed by atoms with Crippen LogP contribution in [0.5, 0.6) is 5.75 Å². The highest BCUT2D eigenvalue weighted by atomic mass is 35.5. The third-order valence-corrected chi connectivity index (χ3v) is 8.78. The van der Waals surface area contributed by atoms with Crippen LogP contribution in [-0.2, 0) is 16.0 Å². The summed E-state index contributed by atoms with van der Waals surface area (Å²) in [5.41, 5.74) is 8.18. The predicted molar refractivity (Wildman–Crippen MR) is 168 cm³/mol. The molecule has 7 nitrogen and oxygen atoms in total. The van der Waals surface area contributed by atoms with Gasteiger partial charge in [-0.2, -0.15) is 0 Å². The van der Waals surface area contributed by atoms with Crippen LogP contribution in [0.3, 0.4) is 0 Å². The lowest BCUT2D eigenvalue weighted by molar-refractivity contribution is -0.138. The Kier molecular flexibility index (Phi) is 10.6. The van der Waals surface area contributed by atoms with Crippen LogP contribution in [0.1, 0.15) is 43.5 Å². The van der Waals surface area contributed by atoms with Gasteiger partial charge in [-0.05, 0) is 66.9 Å². The summed E-state index contributed by atoms with van der Waals surface area (Å²) >= 11 is 14.1. The molecular weight excluding hydrogens is 617 g/mol. The highest BCUT2D eigenvalue weighted by Crippen LogP contribution is 2.40. The van der Waals surface area contributed by atoms with Gasteiger partial charge in [0.2, 0.25) is 0 Å². The first-order chi connectivity index (χ1) is 20.4. The lowest BCUT2D eigenvalue weighted by atomic mass is 9.81.